The first-order valence-corrected chi connectivity index (χ1v) is 12.0. The van der Waals surface area contributed by atoms with Crippen LogP contribution >= 0.6 is 0 Å². The van der Waals surface area contributed by atoms with E-state index in [2.05, 4.69) is 15.5 Å². The van der Waals surface area contributed by atoms with E-state index in [9.17, 15) is 4.79 Å². The Bertz CT molecular complexity index is 1210. The van der Waals surface area contributed by atoms with E-state index in [-0.39, 0.29) is 17.8 Å². The van der Waals surface area contributed by atoms with Crippen LogP contribution < -0.4 is 19.5 Å². The van der Waals surface area contributed by atoms with E-state index in [0.29, 0.717) is 42.6 Å². The molecule has 8 nitrogen and oxygen atoms in total. The van der Waals surface area contributed by atoms with Crippen LogP contribution in [0, 0.1) is 0 Å². The van der Waals surface area contributed by atoms with Crippen molar-refractivity contribution in [1.82, 2.24) is 10.2 Å². The summed E-state index contributed by atoms with van der Waals surface area (Å²) >= 11 is 0. The molecule has 3 aromatic carbocycles. The fourth-order valence-electron chi connectivity index (χ4n) is 3.87. The number of rotatable bonds is 11. The molecule has 8 heteroatoms. The van der Waals surface area contributed by atoms with Gasteiger partial charge in [0.25, 0.3) is 0 Å². The van der Waals surface area contributed by atoms with Gasteiger partial charge in [0.15, 0.2) is 11.5 Å². The first-order chi connectivity index (χ1) is 17.6. The van der Waals surface area contributed by atoms with Crippen molar-refractivity contribution < 1.29 is 23.4 Å². The standard InChI is InChI=1S/C28H29N3O5/c1-4-33-22-17-21(18-23(34-5-2)25(22)35-6-3)27-30-31-28(36-27)29-26(32)24(19-13-9-7-10-14-19)20-15-11-8-12-16-20/h7-18,24H,4-6H2,1-3H3,(H,29,31,32). The zero-order valence-electron chi connectivity index (χ0n) is 20.6. The fraction of sp³-hybridized carbons (Fsp3) is 0.250. The highest BCUT2D eigenvalue weighted by molar-refractivity contribution is 5.96. The maximum atomic E-state index is 13.4. The Kier molecular flexibility index (Phi) is 8.18. The molecule has 1 amide bonds. The predicted molar refractivity (Wildman–Crippen MR) is 137 cm³/mol. The molecule has 0 radical (unpaired) electrons. The van der Waals surface area contributed by atoms with E-state index in [1.807, 2.05) is 81.4 Å². The smallest absolute Gasteiger partial charge is 0.322 e. The summed E-state index contributed by atoms with van der Waals surface area (Å²) in [6.07, 6.45) is 0. The summed E-state index contributed by atoms with van der Waals surface area (Å²) in [4.78, 5) is 13.4. The van der Waals surface area contributed by atoms with Gasteiger partial charge >= 0.3 is 6.01 Å². The lowest BCUT2D eigenvalue weighted by Gasteiger charge is -2.16. The molecule has 0 aliphatic rings. The van der Waals surface area contributed by atoms with Gasteiger partial charge in [0.1, 0.15) is 0 Å². The summed E-state index contributed by atoms with van der Waals surface area (Å²) in [6, 6.07) is 22.6. The number of aromatic nitrogens is 2. The van der Waals surface area contributed by atoms with Crippen LogP contribution in [-0.2, 0) is 4.79 Å². The number of nitrogens with zero attached hydrogens (tertiary/aromatic N) is 2. The van der Waals surface area contributed by atoms with Crippen molar-refractivity contribution in [3.05, 3.63) is 83.9 Å². The van der Waals surface area contributed by atoms with E-state index < -0.39 is 5.92 Å². The largest absolute Gasteiger partial charge is 0.490 e. The van der Waals surface area contributed by atoms with Crippen LogP contribution in [0.3, 0.4) is 0 Å². The number of hydrogen-bond donors (Lipinski definition) is 1. The number of amides is 1. The third kappa shape index (κ3) is 5.66. The molecule has 0 spiro atoms. The van der Waals surface area contributed by atoms with Crippen molar-refractivity contribution in [3.8, 4) is 28.7 Å². The number of nitrogens with one attached hydrogen (secondary N) is 1. The van der Waals surface area contributed by atoms with Gasteiger partial charge in [-0.2, -0.15) is 0 Å². The van der Waals surface area contributed by atoms with Gasteiger partial charge in [0.05, 0.1) is 25.7 Å². The Morgan fingerprint density at radius 2 is 1.33 bits per heavy atom. The summed E-state index contributed by atoms with van der Waals surface area (Å²) in [5.74, 6) is 0.939. The lowest BCUT2D eigenvalue weighted by atomic mass is 9.90. The van der Waals surface area contributed by atoms with Gasteiger partial charge in [-0.3, -0.25) is 10.1 Å². The average Bonchev–Trinajstić information content (AvgIpc) is 3.36. The maximum Gasteiger partial charge on any atom is 0.322 e. The number of anilines is 1. The Hall–Kier alpha value is -4.33. The lowest BCUT2D eigenvalue weighted by molar-refractivity contribution is -0.116. The molecule has 0 saturated heterocycles. The molecule has 36 heavy (non-hydrogen) atoms. The summed E-state index contributed by atoms with van der Waals surface area (Å²) in [6.45, 7) is 7.02. The number of hydrogen-bond acceptors (Lipinski definition) is 7. The van der Waals surface area contributed by atoms with Crippen LogP contribution in [0.15, 0.2) is 77.2 Å². The monoisotopic (exact) mass is 487 g/mol. The van der Waals surface area contributed by atoms with Crippen molar-refractivity contribution in [2.24, 2.45) is 0 Å². The molecule has 0 saturated carbocycles. The van der Waals surface area contributed by atoms with E-state index in [0.717, 1.165) is 11.1 Å². The van der Waals surface area contributed by atoms with Gasteiger partial charge in [-0.25, -0.2) is 0 Å². The normalized spacial score (nSPS) is 10.8. The van der Waals surface area contributed by atoms with Gasteiger partial charge in [0.2, 0.25) is 17.5 Å². The number of ether oxygens (including phenoxy) is 3. The summed E-state index contributed by atoms with van der Waals surface area (Å²) < 4.78 is 23.1. The molecule has 0 atom stereocenters. The third-order valence-corrected chi connectivity index (χ3v) is 5.34. The summed E-state index contributed by atoms with van der Waals surface area (Å²) in [5, 5.41) is 11.0. The minimum atomic E-state index is -0.540. The summed E-state index contributed by atoms with van der Waals surface area (Å²) in [5.41, 5.74) is 2.30. The minimum Gasteiger partial charge on any atom is -0.490 e. The molecular weight excluding hydrogens is 458 g/mol. The third-order valence-electron chi connectivity index (χ3n) is 5.34. The molecule has 1 aromatic heterocycles. The van der Waals surface area contributed by atoms with E-state index >= 15 is 0 Å². The van der Waals surface area contributed by atoms with Crippen LogP contribution in [0.4, 0.5) is 6.01 Å². The molecule has 1 N–H and O–H groups in total. The van der Waals surface area contributed by atoms with Gasteiger partial charge < -0.3 is 18.6 Å². The van der Waals surface area contributed by atoms with Gasteiger partial charge in [0, 0.05) is 5.56 Å². The van der Waals surface area contributed by atoms with Gasteiger partial charge in [-0.15, -0.1) is 5.10 Å². The second-order valence-electron chi connectivity index (χ2n) is 7.76. The van der Waals surface area contributed by atoms with E-state index in [1.165, 1.54) is 0 Å². The zero-order valence-corrected chi connectivity index (χ0v) is 20.6. The summed E-state index contributed by atoms with van der Waals surface area (Å²) in [7, 11) is 0. The van der Waals surface area contributed by atoms with Crippen LogP contribution in [0.2, 0.25) is 0 Å². The first kappa shape index (κ1) is 24.8. The predicted octanol–water partition coefficient (Wildman–Crippen LogP) is 5.70. The Morgan fingerprint density at radius 1 is 0.806 bits per heavy atom. The van der Waals surface area contributed by atoms with E-state index in [4.69, 9.17) is 18.6 Å². The average molecular weight is 488 g/mol. The van der Waals surface area contributed by atoms with Crippen LogP contribution in [0.25, 0.3) is 11.5 Å². The van der Waals surface area contributed by atoms with Gasteiger partial charge in [-0.05, 0) is 44.0 Å². The lowest BCUT2D eigenvalue weighted by Crippen LogP contribution is -2.22. The molecule has 0 unspecified atom stereocenters. The molecular formula is C28H29N3O5. The molecule has 0 aliphatic heterocycles. The Morgan fingerprint density at radius 3 is 1.83 bits per heavy atom. The SMILES string of the molecule is CCOc1cc(-c2nnc(NC(=O)C(c3ccccc3)c3ccccc3)o2)cc(OCC)c1OCC. The van der Waals surface area contributed by atoms with Crippen LogP contribution in [-0.4, -0.2) is 35.9 Å². The van der Waals surface area contributed by atoms with Gasteiger partial charge in [-0.1, -0.05) is 65.8 Å². The second-order valence-corrected chi connectivity index (χ2v) is 7.76. The van der Waals surface area contributed by atoms with Crippen molar-refractivity contribution in [1.29, 1.82) is 0 Å². The van der Waals surface area contributed by atoms with Crippen molar-refractivity contribution in [2.45, 2.75) is 26.7 Å². The first-order valence-electron chi connectivity index (χ1n) is 12.0. The fourth-order valence-corrected chi connectivity index (χ4v) is 3.87. The quantitative estimate of drug-likeness (QED) is 0.290. The zero-order chi connectivity index (χ0) is 25.3. The Balaban J connectivity index is 1.63. The highest BCUT2D eigenvalue weighted by Gasteiger charge is 2.25. The number of carbonyl (C=O) groups is 1. The highest BCUT2D eigenvalue weighted by atomic mass is 16.5. The molecule has 0 bridgehead atoms. The van der Waals surface area contributed by atoms with Crippen LogP contribution in [0.1, 0.15) is 37.8 Å². The van der Waals surface area contributed by atoms with Crippen LogP contribution in [0.5, 0.6) is 17.2 Å². The molecule has 4 aromatic rings. The second kappa shape index (κ2) is 11.9. The molecule has 0 fully saturated rings. The maximum absolute atomic E-state index is 13.4. The highest BCUT2D eigenvalue weighted by Crippen LogP contribution is 2.42. The van der Waals surface area contributed by atoms with Crippen molar-refractivity contribution in [3.63, 3.8) is 0 Å². The molecule has 1 heterocycles. The number of benzene rings is 3. The minimum absolute atomic E-state index is 0.00309. The van der Waals surface area contributed by atoms with E-state index in [1.54, 1.807) is 12.1 Å². The number of carbonyl (C=O) groups excluding carboxylic acids is 1. The molecule has 0 aliphatic carbocycles. The van der Waals surface area contributed by atoms with Crippen molar-refractivity contribution in [2.75, 3.05) is 25.1 Å². The molecule has 4 rings (SSSR count). The Labute approximate surface area is 210 Å². The van der Waals surface area contributed by atoms with Crippen molar-refractivity contribution >= 4 is 11.9 Å². The molecule has 186 valence electrons. The topological polar surface area (TPSA) is 95.7 Å².